The number of amides is 1. The highest BCUT2D eigenvalue weighted by Crippen LogP contribution is 2.17. The fourth-order valence-electron chi connectivity index (χ4n) is 1.57. The van der Waals surface area contributed by atoms with Gasteiger partial charge in [0.1, 0.15) is 0 Å². The normalized spacial score (nSPS) is 12.5. The van der Waals surface area contributed by atoms with Gasteiger partial charge in [-0.25, -0.2) is 0 Å². The maximum Gasteiger partial charge on any atom is 0.222 e. The lowest BCUT2D eigenvalue weighted by atomic mass is 9.93. The molecule has 0 unspecified atom stereocenters. The number of carbonyl (C=O) groups excluding carboxylic acids is 1. The van der Waals surface area contributed by atoms with Crippen LogP contribution in [0.15, 0.2) is 0 Å². The second kappa shape index (κ2) is 11.0. The molecular weight excluding hydrogens is 282 g/mol. The van der Waals surface area contributed by atoms with Gasteiger partial charge < -0.3 is 19.5 Å². The van der Waals surface area contributed by atoms with Gasteiger partial charge >= 0.3 is 0 Å². The lowest BCUT2D eigenvalue weighted by molar-refractivity contribution is -0.123. The quantitative estimate of drug-likeness (QED) is 0.595. The van der Waals surface area contributed by atoms with Crippen LogP contribution >= 0.6 is 0 Å². The summed E-state index contributed by atoms with van der Waals surface area (Å²) < 4.78 is 16.3. The Morgan fingerprint density at radius 3 is 1.68 bits per heavy atom. The monoisotopic (exact) mass is 317 g/mol. The summed E-state index contributed by atoms with van der Waals surface area (Å²) in [7, 11) is 0. The van der Waals surface area contributed by atoms with Crippen molar-refractivity contribution in [1.82, 2.24) is 5.32 Å². The van der Waals surface area contributed by atoms with Crippen molar-refractivity contribution >= 4 is 5.91 Å². The van der Waals surface area contributed by atoms with Gasteiger partial charge in [0, 0.05) is 18.6 Å². The number of rotatable bonds is 11. The molecule has 0 aromatic heterocycles. The second-order valence-electron chi connectivity index (χ2n) is 7.70. The molecule has 0 aliphatic carbocycles. The second-order valence-corrected chi connectivity index (χ2v) is 7.70. The van der Waals surface area contributed by atoms with E-state index in [1.807, 2.05) is 20.8 Å². The molecule has 132 valence electrons. The van der Waals surface area contributed by atoms with Gasteiger partial charge in [-0.1, -0.05) is 20.8 Å². The van der Waals surface area contributed by atoms with E-state index in [1.54, 1.807) is 0 Å². The number of nitrogens with one attached hydrogen (secondary N) is 1. The maximum absolute atomic E-state index is 11.5. The zero-order valence-electron chi connectivity index (χ0n) is 15.3. The molecule has 0 spiro atoms. The van der Waals surface area contributed by atoms with Crippen molar-refractivity contribution in [2.24, 2.45) is 5.41 Å². The van der Waals surface area contributed by atoms with Gasteiger partial charge in [-0.05, 0) is 32.6 Å². The summed E-state index contributed by atoms with van der Waals surface area (Å²) in [6, 6.07) is 0. The summed E-state index contributed by atoms with van der Waals surface area (Å²) >= 11 is 0. The van der Waals surface area contributed by atoms with Gasteiger partial charge in [0.25, 0.3) is 0 Å². The first kappa shape index (κ1) is 21.4. The average Bonchev–Trinajstić information content (AvgIpc) is 2.32. The summed E-state index contributed by atoms with van der Waals surface area (Å²) in [6.45, 7) is 15.9. The standard InChI is InChI=1S/C17H35NO4/c1-16(2,3)8-10-21-12-14-22-13-11-20-9-7-15(19)18-17(4,5)6/h7-14H2,1-6H3,(H,18,19). The SMILES string of the molecule is CC(C)(C)CCOCCOCCOCCC(=O)NC(C)(C)C. The van der Waals surface area contributed by atoms with Gasteiger partial charge in [-0.3, -0.25) is 4.79 Å². The van der Waals surface area contributed by atoms with E-state index >= 15 is 0 Å². The molecule has 1 amide bonds. The van der Waals surface area contributed by atoms with E-state index in [9.17, 15) is 4.79 Å². The van der Waals surface area contributed by atoms with Gasteiger partial charge in [0.2, 0.25) is 5.91 Å². The Morgan fingerprint density at radius 1 is 0.773 bits per heavy atom. The van der Waals surface area contributed by atoms with E-state index in [1.165, 1.54) is 0 Å². The molecule has 0 aliphatic rings. The summed E-state index contributed by atoms with van der Waals surface area (Å²) in [5.41, 5.74) is 0.126. The molecule has 0 aromatic carbocycles. The fraction of sp³-hybridized carbons (Fsp3) is 0.941. The maximum atomic E-state index is 11.5. The smallest absolute Gasteiger partial charge is 0.222 e. The van der Waals surface area contributed by atoms with Crippen molar-refractivity contribution in [3.63, 3.8) is 0 Å². The summed E-state index contributed by atoms with van der Waals surface area (Å²) in [6.07, 6.45) is 1.43. The zero-order valence-corrected chi connectivity index (χ0v) is 15.3. The van der Waals surface area contributed by atoms with Crippen LogP contribution in [0.5, 0.6) is 0 Å². The Labute approximate surface area is 136 Å². The molecule has 0 saturated carbocycles. The average molecular weight is 317 g/mol. The third-order valence-electron chi connectivity index (χ3n) is 2.73. The molecule has 0 aliphatic heterocycles. The van der Waals surface area contributed by atoms with E-state index in [0.717, 1.165) is 13.0 Å². The summed E-state index contributed by atoms with van der Waals surface area (Å²) in [5.74, 6) is 0.0145. The number of hydrogen-bond acceptors (Lipinski definition) is 4. The molecule has 0 bridgehead atoms. The van der Waals surface area contributed by atoms with Crippen LogP contribution in [0.4, 0.5) is 0 Å². The van der Waals surface area contributed by atoms with Crippen molar-refractivity contribution in [3.8, 4) is 0 Å². The molecule has 5 nitrogen and oxygen atoms in total. The molecule has 0 rings (SSSR count). The van der Waals surface area contributed by atoms with Crippen molar-refractivity contribution in [2.45, 2.75) is 59.9 Å². The van der Waals surface area contributed by atoms with Crippen molar-refractivity contribution in [2.75, 3.05) is 39.6 Å². The molecule has 0 aromatic rings. The van der Waals surface area contributed by atoms with Crippen LogP contribution in [0, 0.1) is 5.41 Å². The fourth-order valence-corrected chi connectivity index (χ4v) is 1.57. The van der Waals surface area contributed by atoms with Crippen LogP contribution in [0.25, 0.3) is 0 Å². The highest BCUT2D eigenvalue weighted by Gasteiger charge is 2.13. The van der Waals surface area contributed by atoms with Gasteiger partial charge in [0.05, 0.1) is 33.0 Å². The Morgan fingerprint density at radius 2 is 1.23 bits per heavy atom. The van der Waals surface area contributed by atoms with Crippen LogP contribution in [-0.2, 0) is 19.0 Å². The Kier molecular flexibility index (Phi) is 10.6. The minimum absolute atomic E-state index is 0.0145. The Hall–Kier alpha value is -0.650. The van der Waals surface area contributed by atoms with Crippen LogP contribution in [0.1, 0.15) is 54.4 Å². The van der Waals surface area contributed by atoms with E-state index in [0.29, 0.717) is 44.9 Å². The third-order valence-corrected chi connectivity index (χ3v) is 2.73. The highest BCUT2D eigenvalue weighted by atomic mass is 16.5. The minimum atomic E-state index is -0.187. The molecule has 0 radical (unpaired) electrons. The van der Waals surface area contributed by atoms with Crippen LogP contribution < -0.4 is 5.32 Å². The molecule has 0 atom stereocenters. The number of carbonyl (C=O) groups is 1. The molecule has 22 heavy (non-hydrogen) atoms. The topological polar surface area (TPSA) is 56.8 Å². The van der Waals surface area contributed by atoms with Crippen LogP contribution in [0.2, 0.25) is 0 Å². The van der Waals surface area contributed by atoms with E-state index in [-0.39, 0.29) is 11.4 Å². The predicted octanol–water partition coefficient (Wildman–Crippen LogP) is 2.78. The van der Waals surface area contributed by atoms with Gasteiger partial charge in [-0.15, -0.1) is 0 Å². The first-order valence-corrected chi connectivity index (χ1v) is 8.14. The summed E-state index contributed by atoms with van der Waals surface area (Å²) in [4.78, 5) is 11.5. The zero-order chi connectivity index (χ0) is 17.1. The lowest BCUT2D eigenvalue weighted by Crippen LogP contribution is -2.40. The largest absolute Gasteiger partial charge is 0.379 e. The first-order valence-electron chi connectivity index (χ1n) is 8.14. The van der Waals surface area contributed by atoms with Gasteiger partial charge in [0.15, 0.2) is 0 Å². The van der Waals surface area contributed by atoms with E-state index in [2.05, 4.69) is 26.1 Å². The first-order chi connectivity index (χ1) is 10.1. The van der Waals surface area contributed by atoms with E-state index in [4.69, 9.17) is 14.2 Å². The number of hydrogen-bond donors (Lipinski definition) is 1. The Bertz CT molecular complexity index is 292. The third kappa shape index (κ3) is 17.4. The highest BCUT2D eigenvalue weighted by molar-refractivity contribution is 5.76. The molecule has 1 N–H and O–H groups in total. The number of ether oxygens (including phenoxy) is 3. The van der Waals surface area contributed by atoms with Crippen molar-refractivity contribution in [1.29, 1.82) is 0 Å². The lowest BCUT2D eigenvalue weighted by Gasteiger charge is -2.20. The van der Waals surface area contributed by atoms with Gasteiger partial charge in [-0.2, -0.15) is 0 Å². The van der Waals surface area contributed by atoms with E-state index < -0.39 is 0 Å². The molecule has 0 heterocycles. The Balaban J connectivity index is 3.26. The van der Waals surface area contributed by atoms with Crippen LogP contribution in [-0.4, -0.2) is 51.1 Å². The molecule has 5 heteroatoms. The predicted molar refractivity (Wildman–Crippen MR) is 89.0 cm³/mol. The van der Waals surface area contributed by atoms with Crippen LogP contribution in [0.3, 0.4) is 0 Å². The molecular formula is C17H35NO4. The molecule has 0 saturated heterocycles. The van der Waals surface area contributed by atoms with Crippen molar-refractivity contribution < 1.29 is 19.0 Å². The summed E-state index contributed by atoms with van der Waals surface area (Å²) in [5, 5.41) is 2.89. The minimum Gasteiger partial charge on any atom is -0.379 e. The molecule has 0 fully saturated rings. The van der Waals surface area contributed by atoms with Crippen molar-refractivity contribution in [3.05, 3.63) is 0 Å².